The molecular formula is C16H23ClN2O. The molecule has 1 N–H and O–H groups in total. The molecule has 0 unspecified atom stereocenters. The van der Waals surface area contributed by atoms with Crippen molar-refractivity contribution >= 4 is 18.3 Å². The second kappa shape index (κ2) is 6.59. The van der Waals surface area contributed by atoms with Gasteiger partial charge in [0.05, 0.1) is 0 Å². The number of fused-ring (bicyclic) bond motifs is 1. The van der Waals surface area contributed by atoms with E-state index in [9.17, 15) is 4.79 Å². The van der Waals surface area contributed by atoms with Gasteiger partial charge >= 0.3 is 0 Å². The van der Waals surface area contributed by atoms with Crippen LogP contribution >= 0.6 is 12.4 Å². The van der Waals surface area contributed by atoms with E-state index >= 15 is 0 Å². The van der Waals surface area contributed by atoms with E-state index < -0.39 is 0 Å². The molecule has 1 heterocycles. The Morgan fingerprint density at radius 2 is 1.95 bits per heavy atom. The highest BCUT2D eigenvalue weighted by Crippen LogP contribution is 2.26. The molecule has 110 valence electrons. The van der Waals surface area contributed by atoms with Crippen LogP contribution in [0, 0.1) is 5.92 Å². The first kappa shape index (κ1) is 15.3. The molecule has 0 spiro atoms. The van der Waals surface area contributed by atoms with Crippen LogP contribution in [0.5, 0.6) is 0 Å². The number of amides is 1. The first-order chi connectivity index (χ1) is 9.24. The van der Waals surface area contributed by atoms with Gasteiger partial charge in [-0.2, -0.15) is 0 Å². The van der Waals surface area contributed by atoms with Gasteiger partial charge in [-0.3, -0.25) is 4.79 Å². The van der Waals surface area contributed by atoms with Crippen LogP contribution in [0.1, 0.15) is 47.2 Å². The molecule has 4 heteroatoms. The number of carbonyl (C=O) groups is 1. The smallest absolute Gasteiger partial charge is 0.253 e. The van der Waals surface area contributed by atoms with E-state index in [0.29, 0.717) is 5.92 Å². The average Bonchev–Trinajstić information content (AvgIpc) is 3.07. The molecule has 1 aromatic rings. The molecule has 2 aliphatic rings. The highest BCUT2D eigenvalue weighted by molar-refractivity contribution is 5.94. The van der Waals surface area contributed by atoms with Crippen LogP contribution < -0.4 is 5.32 Å². The molecule has 1 aromatic carbocycles. The standard InChI is InChI=1S/C16H22N2O.ClH/c1-18(11-12-4-2-3-5-12)16(19)13-6-7-14-9-17-10-15(14)8-13;/h6-8,12,17H,2-5,9-11H2,1H3;1H. The average molecular weight is 295 g/mol. The van der Waals surface area contributed by atoms with Crippen molar-refractivity contribution in [3.63, 3.8) is 0 Å². The minimum atomic E-state index is 0. The monoisotopic (exact) mass is 294 g/mol. The summed E-state index contributed by atoms with van der Waals surface area (Å²) in [5.41, 5.74) is 3.44. The van der Waals surface area contributed by atoms with Gasteiger partial charge in [-0.15, -0.1) is 12.4 Å². The molecule has 0 bridgehead atoms. The summed E-state index contributed by atoms with van der Waals surface area (Å²) < 4.78 is 0. The molecular weight excluding hydrogens is 272 g/mol. The molecule has 0 aromatic heterocycles. The van der Waals surface area contributed by atoms with E-state index in [1.54, 1.807) is 0 Å². The van der Waals surface area contributed by atoms with Crippen LogP contribution in [-0.2, 0) is 13.1 Å². The molecule has 0 radical (unpaired) electrons. The number of hydrogen-bond acceptors (Lipinski definition) is 2. The summed E-state index contributed by atoms with van der Waals surface area (Å²) in [6, 6.07) is 6.12. The first-order valence-corrected chi connectivity index (χ1v) is 7.32. The highest BCUT2D eigenvalue weighted by Gasteiger charge is 2.21. The van der Waals surface area contributed by atoms with E-state index in [-0.39, 0.29) is 18.3 Å². The molecule has 1 aliphatic carbocycles. The Bertz CT molecular complexity index is 483. The van der Waals surface area contributed by atoms with Gasteiger partial charge in [0, 0.05) is 32.2 Å². The second-order valence-corrected chi connectivity index (χ2v) is 5.92. The Labute approximate surface area is 127 Å². The maximum absolute atomic E-state index is 12.4. The third-order valence-electron chi connectivity index (χ3n) is 4.44. The predicted octanol–water partition coefficient (Wildman–Crippen LogP) is 2.97. The molecule has 1 amide bonds. The van der Waals surface area contributed by atoms with Gasteiger partial charge in [0.25, 0.3) is 5.91 Å². The zero-order valence-corrected chi connectivity index (χ0v) is 12.8. The summed E-state index contributed by atoms with van der Waals surface area (Å²) in [5, 5.41) is 3.32. The Morgan fingerprint density at radius 3 is 2.70 bits per heavy atom. The van der Waals surface area contributed by atoms with E-state index in [0.717, 1.165) is 25.2 Å². The quantitative estimate of drug-likeness (QED) is 0.929. The summed E-state index contributed by atoms with van der Waals surface area (Å²) in [4.78, 5) is 14.3. The maximum atomic E-state index is 12.4. The van der Waals surface area contributed by atoms with Crippen molar-refractivity contribution in [1.29, 1.82) is 0 Å². The van der Waals surface area contributed by atoms with Crippen molar-refractivity contribution in [2.45, 2.75) is 38.8 Å². The van der Waals surface area contributed by atoms with Crippen molar-refractivity contribution in [1.82, 2.24) is 10.2 Å². The topological polar surface area (TPSA) is 32.3 Å². The van der Waals surface area contributed by atoms with Crippen molar-refractivity contribution in [3.05, 3.63) is 34.9 Å². The number of rotatable bonds is 3. The fourth-order valence-corrected chi connectivity index (χ4v) is 3.31. The molecule has 3 nitrogen and oxygen atoms in total. The minimum Gasteiger partial charge on any atom is -0.341 e. The lowest BCUT2D eigenvalue weighted by atomic mass is 10.0. The molecule has 1 aliphatic heterocycles. The molecule has 3 rings (SSSR count). The predicted molar refractivity (Wildman–Crippen MR) is 83.2 cm³/mol. The first-order valence-electron chi connectivity index (χ1n) is 7.32. The van der Waals surface area contributed by atoms with Gasteiger partial charge in [-0.05, 0) is 42.0 Å². The van der Waals surface area contributed by atoms with Crippen LogP contribution in [0.4, 0.5) is 0 Å². The number of benzene rings is 1. The third kappa shape index (κ3) is 3.15. The summed E-state index contributed by atoms with van der Waals surface area (Å²) in [6.07, 6.45) is 5.23. The van der Waals surface area contributed by atoms with Gasteiger partial charge in [0.15, 0.2) is 0 Å². The Morgan fingerprint density at radius 1 is 1.25 bits per heavy atom. The van der Waals surface area contributed by atoms with Gasteiger partial charge in [0.1, 0.15) is 0 Å². The van der Waals surface area contributed by atoms with Crippen LogP contribution in [0.25, 0.3) is 0 Å². The van der Waals surface area contributed by atoms with Gasteiger partial charge in [-0.1, -0.05) is 18.9 Å². The van der Waals surface area contributed by atoms with Gasteiger partial charge < -0.3 is 10.2 Å². The van der Waals surface area contributed by atoms with Crippen LogP contribution in [0.15, 0.2) is 18.2 Å². The van der Waals surface area contributed by atoms with Crippen LogP contribution in [0.3, 0.4) is 0 Å². The molecule has 20 heavy (non-hydrogen) atoms. The van der Waals surface area contributed by atoms with Crippen molar-refractivity contribution in [2.75, 3.05) is 13.6 Å². The van der Waals surface area contributed by atoms with E-state index in [2.05, 4.69) is 17.4 Å². The minimum absolute atomic E-state index is 0. The summed E-state index contributed by atoms with van der Waals surface area (Å²) >= 11 is 0. The van der Waals surface area contributed by atoms with Gasteiger partial charge in [-0.25, -0.2) is 0 Å². The van der Waals surface area contributed by atoms with Crippen LogP contribution in [-0.4, -0.2) is 24.4 Å². The van der Waals surface area contributed by atoms with E-state index in [4.69, 9.17) is 0 Å². The zero-order valence-electron chi connectivity index (χ0n) is 12.0. The Balaban J connectivity index is 0.00000147. The number of carbonyl (C=O) groups excluding carboxylic acids is 1. The van der Waals surface area contributed by atoms with E-state index in [1.807, 2.05) is 18.0 Å². The van der Waals surface area contributed by atoms with Gasteiger partial charge in [0.2, 0.25) is 0 Å². The molecule has 0 atom stereocenters. The SMILES string of the molecule is CN(CC1CCCC1)C(=O)c1ccc2c(c1)CNC2.Cl. The number of hydrogen-bond donors (Lipinski definition) is 1. The normalized spacial score (nSPS) is 17.6. The lowest BCUT2D eigenvalue weighted by molar-refractivity contribution is 0.0773. The molecule has 1 fully saturated rings. The fraction of sp³-hybridized carbons (Fsp3) is 0.562. The number of halogens is 1. The molecule has 0 saturated heterocycles. The highest BCUT2D eigenvalue weighted by atomic mass is 35.5. The van der Waals surface area contributed by atoms with Crippen LogP contribution in [0.2, 0.25) is 0 Å². The van der Waals surface area contributed by atoms with Crippen molar-refractivity contribution in [2.24, 2.45) is 5.92 Å². The maximum Gasteiger partial charge on any atom is 0.253 e. The third-order valence-corrected chi connectivity index (χ3v) is 4.44. The summed E-state index contributed by atoms with van der Waals surface area (Å²) in [7, 11) is 1.94. The summed E-state index contributed by atoms with van der Waals surface area (Å²) in [5.74, 6) is 0.881. The Kier molecular flexibility index (Phi) is 5.06. The van der Waals surface area contributed by atoms with Crippen molar-refractivity contribution < 1.29 is 4.79 Å². The fourth-order valence-electron chi connectivity index (χ4n) is 3.31. The lowest BCUT2D eigenvalue weighted by Crippen LogP contribution is -2.31. The molecule has 1 saturated carbocycles. The summed E-state index contributed by atoms with van der Waals surface area (Å²) in [6.45, 7) is 2.73. The zero-order chi connectivity index (χ0) is 13.2. The Hall–Kier alpha value is -1.06. The van der Waals surface area contributed by atoms with Crippen molar-refractivity contribution in [3.8, 4) is 0 Å². The largest absolute Gasteiger partial charge is 0.341 e. The van der Waals surface area contributed by atoms with E-state index in [1.165, 1.54) is 36.8 Å². The second-order valence-electron chi connectivity index (χ2n) is 5.92. The lowest BCUT2D eigenvalue weighted by Gasteiger charge is -2.21. The number of nitrogens with one attached hydrogen (secondary N) is 1. The number of nitrogens with zero attached hydrogens (tertiary/aromatic N) is 1.